The van der Waals surface area contributed by atoms with Crippen molar-refractivity contribution in [1.82, 2.24) is 0 Å². The fraction of sp³-hybridized carbons (Fsp3) is 0.818. The van der Waals surface area contributed by atoms with E-state index >= 15 is 0 Å². The molecule has 0 heterocycles. The van der Waals surface area contributed by atoms with Crippen molar-refractivity contribution in [3.8, 4) is 11.1 Å². The second-order valence-electron chi connectivity index (χ2n) is 9.96. The summed E-state index contributed by atoms with van der Waals surface area (Å²) >= 11 is 0. The van der Waals surface area contributed by atoms with E-state index in [0.29, 0.717) is 31.7 Å². The van der Waals surface area contributed by atoms with Gasteiger partial charge in [0.05, 0.1) is 16.1 Å². The van der Waals surface area contributed by atoms with Crippen LogP contribution >= 0.6 is 31.7 Å². The van der Waals surface area contributed by atoms with Crippen LogP contribution in [0.4, 0.5) is 0 Å². The molecule has 172 valence electrons. The molecule has 0 rings (SSSR count). The van der Waals surface area contributed by atoms with Gasteiger partial charge < -0.3 is 23.9 Å². The predicted octanol–water partition coefficient (Wildman–Crippen LogP) is 7.84. The summed E-state index contributed by atoms with van der Waals surface area (Å²) < 4.78 is 0. The number of hydrogen-bond acceptors (Lipinski definition) is 0. The van der Waals surface area contributed by atoms with Crippen LogP contribution in [0.15, 0.2) is 0 Å². The van der Waals surface area contributed by atoms with Crippen LogP contribution in [-0.2, 0) is 17.1 Å². The Labute approximate surface area is 205 Å². The zero-order valence-corrected chi connectivity index (χ0v) is 28.8. The molecule has 0 aromatic heterocycles. The van der Waals surface area contributed by atoms with Gasteiger partial charge in [-0.05, 0) is 78.0 Å². The minimum atomic E-state index is -1.21. The van der Waals surface area contributed by atoms with Gasteiger partial charge in [0.1, 0.15) is 0 Å². The van der Waals surface area contributed by atoms with Gasteiger partial charge in [0, 0.05) is 0 Å². The zero-order valence-electron chi connectivity index (χ0n) is 22.0. The van der Waals surface area contributed by atoms with Gasteiger partial charge in [-0.2, -0.15) is 0 Å². The van der Waals surface area contributed by atoms with Gasteiger partial charge in [-0.3, -0.25) is 0 Å². The average Bonchev–Trinajstić information content (AvgIpc) is 2.51. The first-order valence-corrected chi connectivity index (χ1v) is 26.5. The maximum atomic E-state index is 6.67. The summed E-state index contributed by atoms with van der Waals surface area (Å²) in [7, 11) is -0.896. The van der Waals surface area contributed by atoms with Gasteiger partial charge in [-0.25, -0.2) is 0 Å². The molecular weight excluding hydrogens is 499 g/mol. The normalized spacial score (nSPS) is 10.5. The second kappa shape index (κ2) is 24.4. The Morgan fingerprint density at radius 1 is 0.483 bits per heavy atom. The van der Waals surface area contributed by atoms with Crippen molar-refractivity contribution in [2.24, 2.45) is 0 Å². The Morgan fingerprint density at radius 2 is 0.586 bits per heavy atom. The Balaban J connectivity index is -0.0000000881. The third-order valence-corrected chi connectivity index (χ3v) is 9.42. The maximum absolute atomic E-state index is 6.67. The van der Waals surface area contributed by atoms with Crippen LogP contribution < -0.4 is 0 Å². The molecule has 0 aromatic carbocycles. The fourth-order valence-electron chi connectivity index (χ4n) is 0.800. The molecule has 0 saturated carbocycles. The number of rotatable bonds is 6. The smallest absolute Gasteiger partial charge is 0.701 e. The maximum Gasteiger partial charge on any atom is 3.00 e. The largest absolute Gasteiger partial charge is 3.00 e. The molecule has 7 heteroatoms. The molecule has 0 fully saturated rings. The van der Waals surface area contributed by atoms with E-state index in [2.05, 4.69) is 104 Å². The standard InChI is InChI=1S/2C6H16P2.2C5H9Si.Mn/c2*1-7(2)5-6-8(3)4;2*1-5-6(2,3)4;/h2*5-6H2,1-4H3;2*2-4H3;/q;;2*-1;+3. The van der Waals surface area contributed by atoms with Crippen molar-refractivity contribution in [3.05, 3.63) is 12.8 Å². The van der Waals surface area contributed by atoms with Crippen molar-refractivity contribution >= 4 is 47.8 Å². The molecule has 0 spiro atoms. The Hall–Kier alpha value is 1.79. The first-order valence-electron chi connectivity index (χ1n) is 9.84. The molecule has 0 aliphatic carbocycles. The minimum absolute atomic E-state index is 0. The summed E-state index contributed by atoms with van der Waals surface area (Å²) in [4.78, 5) is 0. The SMILES string of the molecule is CP(C)CCP(C)C.CP(C)CCP(C)C.[C-]#C[Si](C)(C)C.[C-]#C[Si](C)(C)C.[Mn+3]. The van der Waals surface area contributed by atoms with Crippen LogP contribution in [0, 0.1) is 23.9 Å². The van der Waals surface area contributed by atoms with E-state index in [-0.39, 0.29) is 17.1 Å². The molecule has 0 atom stereocenters. The van der Waals surface area contributed by atoms with E-state index in [4.69, 9.17) is 12.8 Å². The topological polar surface area (TPSA) is 0 Å². The van der Waals surface area contributed by atoms with E-state index in [1.807, 2.05) is 0 Å². The quantitative estimate of drug-likeness (QED) is 0.137. The Morgan fingerprint density at radius 3 is 0.621 bits per heavy atom. The first kappa shape index (κ1) is 41.1. The Kier molecular flexibility index (Phi) is 34.6. The molecule has 0 saturated heterocycles. The molecule has 0 aliphatic rings. The van der Waals surface area contributed by atoms with Crippen molar-refractivity contribution in [2.75, 3.05) is 78.0 Å². The summed E-state index contributed by atoms with van der Waals surface area (Å²) in [6, 6.07) is 0. The van der Waals surface area contributed by atoms with Crippen molar-refractivity contribution < 1.29 is 17.1 Å². The summed E-state index contributed by atoms with van der Waals surface area (Å²) in [5.41, 5.74) is 4.99. The van der Waals surface area contributed by atoms with Crippen LogP contribution in [0.1, 0.15) is 0 Å². The van der Waals surface area contributed by atoms with Crippen molar-refractivity contribution in [3.63, 3.8) is 0 Å². The minimum Gasteiger partial charge on any atom is -0.701 e. The summed E-state index contributed by atoms with van der Waals surface area (Å²) in [6.45, 7) is 31.3. The molecule has 0 bridgehead atoms. The summed E-state index contributed by atoms with van der Waals surface area (Å²) in [5.74, 6) is 0. The van der Waals surface area contributed by atoms with Gasteiger partial charge in [0.25, 0.3) is 0 Å². The summed E-state index contributed by atoms with van der Waals surface area (Å²) in [5, 5.41) is 0. The third-order valence-electron chi connectivity index (χ3n) is 2.74. The number of hydrogen-bond donors (Lipinski definition) is 0. The predicted molar refractivity (Wildman–Crippen MR) is 155 cm³/mol. The molecule has 0 aliphatic heterocycles. The second-order valence-corrected chi connectivity index (χ2v) is 29.9. The molecule has 0 unspecified atom stereocenters. The van der Waals surface area contributed by atoms with Gasteiger partial charge in [-0.1, -0.05) is 39.3 Å². The molecule has 0 radical (unpaired) electrons. The Bertz CT molecular complexity index is 356. The summed E-state index contributed by atoms with van der Waals surface area (Å²) in [6.07, 6.45) is 19.3. The van der Waals surface area contributed by atoms with Crippen LogP contribution in [0.25, 0.3) is 0 Å². The molecule has 0 N–H and O–H groups in total. The molecule has 0 nitrogen and oxygen atoms in total. The van der Waals surface area contributed by atoms with E-state index < -0.39 is 16.1 Å². The molecule has 0 aromatic rings. The van der Waals surface area contributed by atoms with Crippen LogP contribution in [0.5, 0.6) is 0 Å². The fourth-order valence-corrected chi connectivity index (χ4v) is 7.20. The van der Waals surface area contributed by atoms with Crippen molar-refractivity contribution in [1.29, 1.82) is 0 Å². The van der Waals surface area contributed by atoms with Crippen LogP contribution in [-0.4, -0.2) is 94.1 Å². The van der Waals surface area contributed by atoms with E-state index in [0.717, 1.165) is 0 Å². The first-order chi connectivity index (χ1) is 12.4. The van der Waals surface area contributed by atoms with E-state index in [1.165, 1.54) is 24.6 Å². The van der Waals surface area contributed by atoms with Gasteiger partial charge >= 0.3 is 17.1 Å². The average molecular weight is 550 g/mol. The molecular formula is C22H50MnP4Si2+. The third kappa shape index (κ3) is 72.7. The van der Waals surface area contributed by atoms with Crippen LogP contribution in [0.3, 0.4) is 0 Å². The van der Waals surface area contributed by atoms with Gasteiger partial charge in [-0.15, -0.1) is 31.7 Å². The monoisotopic (exact) mass is 549 g/mol. The molecule has 0 amide bonds. The van der Waals surface area contributed by atoms with Gasteiger partial charge in [0.2, 0.25) is 0 Å². The van der Waals surface area contributed by atoms with Gasteiger partial charge in [0.15, 0.2) is 0 Å². The van der Waals surface area contributed by atoms with Crippen molar-refractivity contribution in [2.45, 2.75) is 39.3 Å². The van der Waals surface area contributed by atoms with Crippen LogP contribution in [0.2, 0.25) is 39.3 Å². The van der Waals surface area contributed by atoms with E-state index in [1.54, 1.807) is 0 Å². The van der Waals surface area contributed by atoms with E-state index in [9.17, 15) is 0 Å². The molecule has 29 heavy (non-hydrogen) atoms. The zero-order chi connectivity index (χ0) is 23.6.